The lowest BCUT2D eigenvalue weighted by Crippen LogP contribution is -2.47. The number of anilines is 1. The highest BCUT2D eigenvalue weighted by atomic mass is 35.5. The molecule has 190 valence electrons. The molecule has 1 aliphatic heterocycles. The maximum Gasteiger partial charge on any atom is 0.305 e. The van der Waals surface area contributed by atoms with E-state index < -0.39 is 0 Å². The number of esters is 1. The highest BCUT2D eigenvalue weighted by Crippen LogP contribution is 2.35. The number of hydrogen-bond acceptors (Lipinski definition) is 6. The molecule has 9 heteroatoms. The number of imidazole rings is 1. The lowest BCUT2D eigenvalue weighted by atomic mass is 9.99. The van der Waals surface area contributed by atoms with Crippen LogP contribution < -0.4 is 4.90 Å². The first-order valence-corrected chi connectivity index (χ1v) is 13.0. The largest absolute Gasteiger partial charge is 0.469 e. The summed E-state index contributed by atoms with van der Waals surface area (Å²) in [6, 6.07) is 16.1. The SMILES string of the molecule is COC(=O)CCc1c(C)c(C#N)c2nc3ccccc3n2c1N1CCN(Cc2ccc(Cl)c(Cl)c2)CC1. The molecule has 1 fully saturated rings. The number of fused-ring (bicyclic) bond motifs is 3. The molecule has 5 rings (SSSR count). The maximum atomic E-state index is 12.1. The lowest BCUT2D eigenvalue weighted by Gasteiger charge is -2.38. The highest BCUT2D eigenvalue weighted by molar-refractivity contribution is 6.42. The number of methoxy groups -OCH3 is 1. The average Bonchev–Trinajstić information content (AvgIpc) is 3.28. The van der Waals surface area contributed by atoms with E-state index in [9.17, 15) is 10.1 Å². The van der Waals surface area contributed by atoms with Crippen LogP contribution in [0.5, 0.6) is 0 Å². The molecule has 1 aliphatic rings. The van der Waals surface area contributed by atoms with Gasteiger partial charge in [0, 0.05) is 39.1 Å². The van der Waals surface area contributed by atoms with E-state index in [2.05, 4.69) is 20.3 Å². The van der Waals surface area contributed by atoms with Gasteiger partial charge in [-0.1, -0.05) is 41.4 Å². The van der Waals surface area contributed by atoms with Crippen molar-refractivity contribution in [3.8, 4) is 6.07 Å². The van der Waals surface area contributed by atoms with Crippen molar-refractivity contribution >= 4 is 51.7 Å². The van der Waals surface area contributed by atoms with E-state index in [0.29, 0.717) is 27.7 Å². The van der Waals surface area contributed by atoms with Gasteiger partial charge >= 0.3 is 5.97 Å². The summed E-state index contributed by atoms with van der Waals surface area (Å²) in [5, 5.41) is 11.2. The summed E-state index contributed by atoms with van der Waals surface area (Å²) in [6.45, 7) is 6.02. The van der Waals surface area contributed by atoms with E-state index in [1.54, 1.807) is 0 Å². The number of benzene rings is 2. The van der Waals surface area contributed by atoms with Crippen LogP contribution in [0.15, 0.2) is 42.5 Å². The van der Waals surface area contributed by atoms with E-state index >= 15 is 0 Å². The molecule has 0 aliphatic carbocycles. The monoisotopic (exact) mass is 535 g/mol. The minimum atomic E-state index is -0.272. The van der Waals surface area contributed by atoms with Crippen LogP contribution in [0.3, 0.4) is 0 Å². The summed E-state index contributed by atoms with van der Waals surface area (Å²) in [7, 11) is 1.40. The number of ether oxygens (including phenoxy) is 1. The maximum absolute atomic E-state index is 12.1. The van der Waals surface area contributed by atoms with Gasteiger partial charge in [0.05, 0.1) is 33.8 Å². The van der Waals surface area contributed by atoms with Gasteiger partial charge in [-0.3, -0.25) is 14.1 Å². The summed E-state index contributed by atoms with van der Waals surface area (Å²) in [6.07, 6.45) is 0.721. The van der Waals surface area contributed by atoms with E-state index in [4.69, 9.17) is 32.9 Å². The number of halogens is 2. The molecule has 2 aromatic carbocycles. The molecule has 0 spiro atoms. The number of carbonyl (C=O) groups is 1. The topological polar surface area (TPSA) is 73.9 Å². The third kappa shape index (κ3) is 4.85. The Morgan fingerprint density at radius 2 is 1.86 bits per heavy atom. The average molecular weight is 536 g/mol. The van der Waals surface area contributed by atoms with E-state index in [1.165, 1.54) is 7.11 Å². The minimum absolute atomic E-state index is 0.241. The molecule has 0 unspecified atom stereocenters. The van der Waals surface area contributed by atoms with E-state index in [-0.39, 0.29) is 12.4 Å². The van der Waals surface area contributed by atoms with Crippen LogP contribution in [0, 0.1) is 18.3 Å². The first kappa shape index (κ1) is 25.3. The molecule has 0 amide bonds. The number of nitriles is 1. The van der Waals surface area contributed by atoms with Gasteiger partial charge in [-0.25, -0.2) is 4.98 Å². The molecule has 0 N–H and O–H groups in total. The second kappa shape index (κ2) is 10.6. The second-order valence-electron chi connectivity index (χ2n) is 9.26. The van der Waals surface area contributed by atoms with Crippen LogP contribution in [0.4, 0.5) is 5.82 Å². The fourth-order valence-corrected chi connectivity index (χ4v) is 5.46. The Balaban J connectivity index is 1.53. The Kier molecular flexibility index (Phi) is 7.25. The number of pyridine rings is 1. The van der Waals surface area contributed by atoms with Crippen LogP contribution in [0.1, 0.15) is 28.7 Å². The Morgan fingerprint density at radius 3 is 2.57 bits per heavy atom. The van der Waals surface area contributed by atoms with Gasteiger partial charge in [-0.15, -0.1) is 0 Å². The third-order valence-corrected chi connectivity index (χ3v) is 7.81. The van der Waals surface area contributed by atoms with Crippen molar-refractivity contribution in [1.29, 1.82) is 5.26 Å². The minimum Gasteiger partial charge on any atom is -0.469 e. The van der Waals surface area contributed by atoms with E-state index in [1.807, 2.05) is 49.4 Å². The number of carbonyl (C=O) groups excluding carboxylic acids is 1. The van der Waals surface area contributed by atoms with Crippen molar-refractivity contribution in [3.63, 3.8) is 0 Å². The van der Waals surface area contributed by atoms with Crippen LogP contribution in [-0.4, -0.2) is 53.5 Å². The molecular formula is C28H27Cl2N5O2. The van der Waals surface area contributed by atoms with Gasteiger partial charge in [0.25, 0.3) is 0 Å². The zero-order valence-corrected chi connectivity index (χ0v) is 22.3. The Morgan fingerprint density at radius 1 is 1.11 bits per heavy atom. The normalized spacial score (nSPS) is 14.3. The van der Waals surface area contributed by atoms with Crippen molar-refractivity contribution in [2.75, 3.05) is 38.2 Å². The molecule has 0 saturated carbocycles. The fraction of sp³-hybridized carbons (Fsp3) is 0.321. The summed E-state index contributed by atoms with van der Waals surface area (Å²) in [5.74, 6) is 0.726. The van der Waals surface area contributed by atoms with Crippen molar-refractivity contribution in [2.45, 2.75) is 26.3 Å². The van der Waals surface area contributed by atoms with Gasteiger partial charge in [-0.05, 0) is 54.3 Å². The molecular weight excluding hydrogens is 509 g/mol. The summed E-state index contributed by atoms with van der Waals surface area (Å²) in [4.78, 5) is 21.7. The van der Waals surface area contributed by atoms with E-state index in [0.717, 1.165) is 66.3 Å². The van der Waals surface area contributed by atoms with Crippen molar-refractivity contribution < 1.29 is 9.53 Å². The van der Waals surface area contributed by atoms with Gasteiger partial charge < -0.3 is 9.64 Å². The van der Waals surface area contributed by atoms with Crippen LogP contribution in [0.25, 0.3) is 16.7 Å². The quantitative estimate of drug-likeness (QED) is 0.307. The van der Waals surface area contributed by atoms with Gasteiger partial charge in [0.15, 0.2) is 5.65 Å². The predicted molar refractivity (Wildman–Crippen MR) is 146 cm³/mol. The summed E-state index contributed by atoms with van der Waals surface area (Å²) in [5.41, 5.74) is 5.94. The first-order chi connectivity index (χ1) is 17.9. The second-order valence-corrected chi connectivity index (χ2v) is 10.1. The number of hydrogen-bond donors (Lipinski definition) is 0. The van der Waals surface area contributed by atoms with Crippen molar-refractivity contribution in [1.82, 2.24) is 14.3 Å². The molecule has 37 heavy (non-hydrogen) atoms. The van der Waals surface area contributed by atoms with Crippen LogP contribution >= 0.6 is 23.2 Å². The predicted octanol–water partition coefficient (Wildman–Crippen LogP) is 5.40. The summed E-state index contributed by atoms with van der Waals surface area (Å²) < 4.78 is 7.02. The zero-order valence-electron chi connectivity index (χ0n) is 20.8. The lowest BCUT2D eigenvalue weighted by molar-refractivity contribution is -0.140. The number of piperazine rings is 1. The molecule has 4 aromatic rings. The summed E-state index contributed by atoms with van der Waals surface area (Å²) >= 11 is 12.3. The van der Waals surface area contributed by atoms with Crippen molar-refractivity contribution in [3.05, 3.63) is 74.8 Å². The highest BCUT2D eigenvalue weighted by Gasteiger charge is 2.27. The molecule has 1 saturated heterocycles. The Hall–Kier alpha value is -3.31. The standard InChI is InChI=1S/C28H27Cl2N5O2/c1-18-20(8-10-26(36)37-2)28(35-25-6-4-3-5-24(25)32-27(35)21(18)16-31)34-13-11-33(12-14-34)17-19-7-9-22(29)23(30)15-19/h3-7,9,15H,8,10-14,17H2,1-2H3. The fourth-order valence-electron chi connectivity index (χ4n) is 5.14. The van der Waals surface area contributed by atoms with Gasteiger partial charge in [0.1, 0.15) is 11.9 Å². The third-order valence-electron chi connectivity index (χ3n) is 7.07. The van der Waals surface area contributed by atoms with Crippen molar-refractivity contribution in [2.24, 2.45) is 0 Å². The molecule has 0 atom stereocenters. The Labute approximate surface area is 225 Å². The first-order valence-electron chi connectivity index (χ1n) is 12.2. The van der Waals surface area contributed by atoms with Crippen LogP contribution in [-0.2, 0) is 22.5 Å². The van der Waals surface area contributed by atoms with Gasteiger partial charge in [-0.2, -0.15) is 5.26 Å². The number of nitrogens with zero attached hydrogens (tertiary/aromatic N) is 5. The Bertz CT molecular complexity index is 1530. The number of aromatic nitrogens is 2. The van der Waals surface area contributed by atoms with Gasteiger partial charge in [0.2, 0.25) is 0 Å². The number of para-hydroxylation sites is 2. The van der Waals surface area contributed by atoms with Crippen LogP contribution in [0.2, 0.25) is 10.0 Å². The molecule has 3 heterocycles. The smallest absolute Gasteiger partial charge is 0.305 e. The molecule has 7 nitrogen and oxygen atoms in total. The molecule has 2 aromatic heterocycles. The molecule has 0 bridgehead atoms. The molecule has 0 radical (unpaired) electrons. The zero-order chi connectivity index (χ0) is 26.1. The number of rotatable bonds is 6.